The number of aliphatic hydroxyl groups is 1. The van der Waals surface area contributed by atoms with E-state index in [1.165, 1.54) is 5.56 Å². The Morgan fingerprint density at radius 1 is 1.40 bits per heavy atom. The number of aliphatic hydroxyl groups excluding tert-OH is 1. The Balaban J connectivity index is 1.57. The zero-order valence-electron chi connectivity index (χ0n) is 14.8. The van der Waals surface area contributed by atoms with Crippen LogP contribution < -0.4 is 4.74 Å². The number of carbonyl (C=O) groups is 1. The second kappa shape index (κ2) is 7.74. The molecule has 1 amide bonds. The van der Waals surface area contributed by atoms with Gasteiger partial charge in [0.1, 0.15) is 17.6 Å². The minimum absolute atomic E-state index is 0.0234. The second-order valence-corrected chi connectivity index (χ2v) is 6.71. The number of likely N-dealkylation sites (tertiary alicyclic amines) is 1. The number of amides is 1. The lowest BCUT2D eigenvalue weighted by molar-refractivity contribution is -0.134. The maximum atomic E-state index is 12.6. The standard InChI is InChI=1S/C20H25NO4/c1-14-7-8-18(15(2)11-14)25-13-20(23)21-9-3-5-16(21)12-17(22)19-6-4-10-24-19/h4,6-8,10-11,16-17,22H,3,5,9,12-13H2,1-2H3. The first-order chi connectivity index (χ1) is 12.0. The number of nitrogens with zero attached hydrogens (tertiary/aromatic N) is 1. The summed E-state index contributed by atoms with van der Waals surface area (Å²) in [5.41, 5.74) is 2.20. The molecule has 25 heavy (non-hydrogen) atoms. The van der Waals surface area contributed by atoms with Crippen LogP contribution in [-0.2, 0) is 4.79 Å². The Morgan fingerprint density at radius 2 is 2.24 bits per heavy atom. The zero-order valence-corrected chi connectivity index (χ0v) is 14.8. The summed E-state index contributed by atoms with van der Waals surface area (Å²) >= 11 is 0. The van der Waals surface area contributed by atoms with Crippen molar-refractivity contribution in [2.45, 2.75) is 45.3 Å². The SMILES string of the molecule is Cc1ccc(OCC(=O)N2CCCC2CC(O)c2ccco2)c(C)c1. The smallest absolute Gasteiger partial charge is 0.260 e. The van der Waals surface area contributed by atoms with Gasteiger partial charge in [-0.25, -0.2) is 0 Å². The molecule has 0 aliphatic carbocycles. The van der Waals surface area contributed by atoms with Crippen LogP contribution in [0.5, 0.6) is 5.75 Å². The first-order valence-corrected chi connectivity index (χ1v) is 8.75. The van der Waals surface area contributed by atoms with Gasteiger partial charge >= 0.3 is 0 Å². The molecule has 2 atom stereocenters. The zero-order chi connectivity index (χ0) is 17.8. The molecule has 3 rings (SSSR count). The second-order valence-electron chi connectivity index (χ2n) is 6.71. The van der Waals surface area contributed by atoms with Gasteiger partial charge in [0.05, 0.1) is 6.26 Å². The lowest BCUT2D eigenvalue weighted by Crippen LogP contribution is -2.39. The fraction of sp³-hybridized carbons (Fsp3) is 0.450. The van der Waals surface area contributed by atoms with Crippen LogP contribution in [-0.4, -0.2) is 35.1 Å². The lowest BCUT2D eigenvalue weighted by Gasteiger charge is -2.26. The van der Waals surface area contributed by atoms with Gasteiger partial charge in [0.15, 0.2) is 6.61 Å². The summed E-state index contributed by atoms with van der Waals surface area (Å²) < 4.78 is 11.0. The van der Waals surface area contributed by atoms with Crippen LogP contribution >= 0.6 is 0 Å². The van der Waals surface area contributed by atoms with Gasteiger partial charge in [-0.15, -0.1) is 0 Å². The summed E-state index contributed by atoms with van der Waals surface area (Å²) in [5.74, 6) is 1.25. The van der Waals surface area contributed by atoms with Crippen LogP contribution in [0.2, 0.25) is 0 Å². The Hall–Kier alpha value is -2.27. The summed E-state index contributed by atoms with van der Waals surface area (Å²) in [4.78, 5) is 14.4. The highest BCUT2D eigenvalue weighted by Gasteiger charge is 2.31. The van der Waals surface area contributed by atoms with E-state index in [2.05, 4.69) is 0 Å². The van der Waals surface area contributed by atoms with E-state index in [9.17, 15) is 9.90 Å². The van der Waals surface area contributed by atoms with Gasteiger partial charge in [0, 0.05) is 19.0 Å². The molecule has 2 unspecified atom stereocenters. The highest BCUT2D eigenvalue weighted by molar-refractivity contribution is 5.78. The van der Waals surface area contributed by atoms with Crippen molar-refractivity contribution in [3.63, 3.8) is 0 Å². The number of hydrogen-bond acceptors (Lipinski definition) is 4. The van der Waals surface area contributed by atoms with Crippen LogP contribution in [0.3, 0.4) is 0 Å². The molecule has 2 heterocycles. The molecule has 1 fully saturated rings. The molecule has 1 aromatic carbocycles. The molecule has 0 spiro atoms. The molecular formula is C20H25NO4. The molecule has 2 aromatic rings. The minimum atomic E-state index is -0.686. The molecule has 1 aliphatic heterocycles. The first-order valence-electron chi connectivity index (χ1n) is 8.75. The molecule has 0 saturated carbocycles. The highest BCUT2D eigenvalue weighted by Crippen LogP contribution is 2.28. The summed E-state index contributed by atoms with van der Waals surface area (Å²) in [6.45, 7) is 4.74. The number of carbonyl (C=O) groups excluding carboxylic acids is 1. The van der Waals surface area contributed by atoms with Crippen LogP contribution in [0, 0.1) is 13.8 Å². The van der Waals surface area contributed by atoms with Crippen molar-refractivity contribution in [2.24, 2.45) is 0 Å². The van der Waals surface area contributed by atoms with Crippen molar-refractivity contribution < 1.29 is 19.1 Å². The third kappa shape index (κ3) is 4.23. The van der Waals surface area contributed by atoms with Crippen molar-refractivity contribution in [1.82, 2.24) is 4.90 Å². The van der Waals surface area contributed by atoms with E-state index >= 15 is 0 Å². The summed E-state index contributed by atoms with van der Waals surface area (Å²) in [5, 5.41) is 10.3. The maximum absolute atomic E-state index is 12.6. The van der Waals surface area contributed by atoms with Gasteiger partial charge in [-0.2, -0.15) is 0 Å². The molecule has 5 nitrogen and oxygen atoms in total. The highest BCUT2D eigenvalue weighted by atomic mass is 16.5. The topological polar surface area (TPSA) is 62.9 Å². The van der Waals surface area contributed by atoms with E-state index in [-0.39, 0.29) is 18.6 Å². The van der Waals surface area contributed by atoms with Gasteiger partial charge < -0.3 is 19.2 Å². The molecule has 1 aromatic heterocycles. The Labute approximate surface area is 148 Å². The Morgan fingerprint density at radius 3 is 2.96 bits per heavy atom. The molecule has 0 radical (unpaired) electrons. The van der Waals surface area contributed by atoms with Crippen LogP contribution in [0.25, 0.3) is 0 Å². The number of ether oxygens (including phenoxy) is 1. The molecule has 1 saturated heterocycles. The molecule has 134 valence electrons. The van der Waals surface area contributed by atoms with Crippen LogP contribution in [0.4, 0.5) is 0 Å². The minimum Gasteiger partial charge on any atom is -0.484 e. The van der Waals surface area contributed by atoms with E-state index in [1.807, 2.05) is 36.9 Å². The third-order valence-electron chi connectivity index (χ3n) is 4.75. The largest absolute Gasteiger partial charge is 0.484 e. The average molecular weight is 343 g/mol. The average Bonchev–Trinajstić information content (AvgIpc) is 3.25. The van der Waals surface area contributed by atoms with E-state index in [4.69, 9.17) is 9.15 Å². The molecule has 0 bridgehead atoms. The van der Waals surface area contributed by atoms with Crippen molar-refractivity contribution in [3.8, 4) is 5.75 Å². The Kier molecular flexibility index (Phi) is 5.43. The predicted molar refractivity (Wildman–Crippen MR) is 94.4 cm³/mol. The van der Waals surface area contributed by atoms with Crippen molar-refractivity contribution in [1.29, 1.82) is 0 Å². The first kappa shape index (κ1) is 17.5. The number of benzene rings is 1. The van der Waals surface area contributed by atoms with Crippen molar-refractivity contribution in [2.75, 3.05) is 13.2 Å². The van der Waals surface area contributed by atoms with Gasteiger partial charge in [-0.05, 0) is 50.5 Å². The van der Waals surface area contributed by atoms with Crippen LogP contribution in [0.1, 0.15) is 42.3 Å². The normalized spacial score (nSPS) is 18.4. The van der Waals surface area contributed by atoms with Crippen LogP contribution in [0.15, 0.2) is 41.0 Å². The predicted octanol–water partition coefficient (Wildman–Crippen LogP) is 3.39. The quantitative estimate of drug-likeness (QED) is 0.873. The molecule has 1 aliphatic rings. The van der Waals surface area contributed by atoms with E-state index < -0.39 is 6.10 Å². The summed E-state index contributed by atoms with van der Waals surface area (Å²) in [6.07, 6.45) is 3.20. The van der Waals surface area contributed by atoms with Gasteiger partial charge in [-0.1, -0.05) is 17.7 Å². The summed E-state index contributed by atoms with van der Waals surface area (Å²) in [7, 11) is 0. The van der Waals surface area contributed by atoms with Crippen molar-refractivity contribution >= 4 is 5.91 Å². The van der Waals surface area contributed by atoms with Gasteiger partial charge in [0.2, 0.25) is 0 Å². The number of furan rings is 1. The molecule has 1 N–H and O–H groups in total. The van der Waals surface area contributed by atoms with E-state index in [1.54, 1.807) is 18.4 Å². The fourth-order valence-corrected chi connectivity index (χ4v) is 3.45. The monoisotopic (exact) mass is 343 g/mol. The molecule has 5 heteroatoms. The summed E-state index contributed by atoms with van der Waals surface area (Å²) in [6, 6.07) is 9.46. The van der Waals surface area contributed by atoms with Gasteiger partial charge in [0.25, 0.3) is 5.91 Å². The molecular weight excluding hydrogens is 318 g/mol. The van der Waals surface area contributed by atoms with Crippen molar-refractivity contribution in [3.05, 3.63) is 53.5 Å². The fourth-order valence-electron chi connectivity index (χ4n) is 3.45. The number of rotatable bonds is 6. The number of hydrogen-bond donors (Lipinski definition) is 1. The lowest BCUT2D eigenvalue weighted by atomic mass is 10.1. The van der Waals surface area contributed by atoms with E-state index in [0.717, 1.165) is 24.2 Å². The maximum Gasteiger partial charge on any atom is 0.260 e. The van der Waals surface area contributed by atoms with E-state index in [0.29, 0.717) is 18.7 Å². The Bertz CT molecular complexity index is 710. The van der Waals surface area contributed by atoms with Gasteiger partial charge in [-0.3, -0.25) is 4.79 Å². The number of aryl methyl sites for hydroxylation is 2. The third-order valence-corrected chi connectivity index (χ3v) is 4.75.